The van der Waals surface area contributed by atoms with Gasteiger partial charge in [-0.3, -0.25) is 4.57 Å². The number of rotatable bonds is 2. The molecule has 0 N–H and O–H groups in total. The second kappa shape index (κ2) is 5.74. The van der Waals surface area contributed by atoms with E-state index < -0.39 is 0 Å². The lowest BCUT2D eigenvalue weighted by atomic mass is 10.2. The van der Waals surface area contributed by atoms with E-state index in [2.05, 4.69) is 4.98 Å². The van der Waals surface area contributed by atoms with E-state index in [-0.39, 0.29) is 11.2 Å². The highest BCUT2D eigenvalue weighted by molar-refractivity contribution is 14.1. The van der Waals surface area contributed by atoms with Gasteiger partial charge in [-0.15, -0.1) is 11.6 Å². The van der Waals surface area contributed by atoms with E-state index in [1.807, 2.05) is 52.3 Å². The quantitative estimate of drug-likeness (QED) is 0.372. The number of benzene rings is 2. The maximum absolute atomic E-state index is 13.9. The van der Waals surface area contributed by atoms with Gasteiger partial charge in [0.1, 0.15) is 11.6 Å². The molecule has 108 valence electrons. The van der Waals surface area contributed by atoms with E-state index in [0.29, 0.717) is 25.5 Å². The predicted molar refractivity (Wildman–Crippen MR) is 93.0 cm³/mol. The van der Waals surface area contributed by atoms with Gasteiger partial charge in [-0.1, -0.05) is 23.7 Å². The predicted octanol–water partition coefficient (Wildman–Crippen LogP) is 5.72. The molecule has 0 saturated heterocycles. The van der Waals surface area contributed by atoms with Gasteiger partial charge in [0.25, 0.3) is 0 Å². The molecule has 0 bridgehead atoms. The molecule has 0 radical (unpaired) electrons. The minimum absolute atomic E-state index is 0.287. The molecule has 0 amide bonds. The first kappa shape index (κ1) is 15.1. The van der Waals surface area contributed by atoms with Crippen molar-refractivity contribution in [3.8, 4) is 5.69 Å². The van der Waals surface area contributed by atoms with Crippen molar-refractivity contribution in [2.75, 3.05) is 0 Å². The summed E-state index contributed by atoms with van der Waals surface area (Å²) in [5.74, 6) is 0.353. The number of alkyl halides is 1. The summed E-state index contributed by atoms with van der Waals surface area (Å²) >= 11 is 14.5. The van der Waals surface area contributed by atoms with Crippen LogP contribution in [0.2, 0.25) is 5.02 Å². The fourth-order valence-electron chi connectivity index (χ4n) is 2.24. The molecule has 0 aliphatic carbocycles. The Morgan fingerprint density at radius 1 is 1.29 bits per heavy atom. The summed E-state index contributed by atoms with van der Waals surface area (Å²) in [5, 5.41) is 0.240. The summed E-state index contributed by atoms with van der Waals surface area (Å²) in [6, 6.07) is 10.5. The van der Waals surface area contributed by atoms with Gasteiger partial charge in [0.2, 0.25) is 0 Å². The Hall–Kier alpha value is -0.850. The van der Waals surface area contributed by atoms with E-state index in [0.717, 1.165) is 5.69 Å². The molecule has 21 heavy (non-hydrogen) atoms. The average Bonchev–Trinajstić information content (AvgIpc) is 2.78. The van der Waals surface area contributed by atoms with Crippen LogP contribution in [0, 0.1) is 9.39 Å². The van der Waals surface area contributed by atoms with Gasteiger partial charge < -0.3 is 0 Å². The summed E-state index contributed by atoms with van der Waals surface area (Å²) in [6.07, 6.45) is 0. The summed E-state index contributed by atoms with van der Waals surface area (Å²) in [5.41, 5.74) is 2.09. The Labute approximate surface area is 145 Å². The second-order valence-electron chi connectivity index (χ2n) is 4.63. The molecule has 1 heterocycles. The van der Waals surface area contributed by atoms with Crippen molar-refractivity contribution in [2.45, 2.75) is 12.3 Å². The van der Waals surface area contributed by atoms with Gasteiger partial charge in [0.15, 0.2) is 0 Å². The fourth-order valence-corrected chi connectivity index (χ4v) is 3.06. The van der Waals surface area contributed by atoms with E-state index in [9.17, 15) is 4.39 Å². The first-order valence-electron chi connectivity index (χ1n) is 6.25. The van der Waals surface area contributed by atoms with Crippen molar-refractivity contribution in [1.82, 2.24) is 9.55 Å². The molecular weight excluding hydrogens is 425 g/mol. The third-order valence-corrected chi connectivity index (χ3v) is 4.51. The highest BCUT2D eigenvalue weighted by Gasteiger charge is 2.19. The first-order chi connectivity index (χ1) is 9.99. The number of imidazole rings is 1. The number of para-hydroxylation sites is 1. The minimum atomic E-state index is -0.325. The molecule has 6 heteroatoms. The summed E-state index contributed by atoms with van der Waals surface area (Å²) in [7, 11) is 0. The van der Waals surface area contributed by atoms with E-state index >= 15 is 0 Å². The van der Waals surface area contributed by atoms with Gasteiger partial charge in [-0.2, -0.15) is 0 Å². The zero-order valence-corrected chi connectivity index (χ0v) is 14.6. The maximum atomic E-state index is 13.9. The topological polar surface area (TPSA) is 17.8 Å². The lowest BCUT2D eigenvalue weighted by Crippen LogP contribution is -2.02. The number of aromatic nitrogens is 2. The Kier molecular flexibility index (Phi) is 4.12. The molecule has 0 aliphatic rings. The molecule has 3 aromatic rings. The van der Waals surface area contributed by atoms with Crippen LogP contribution in [0.1, 0.15) is 18.1 Å². The zero-order chi connectivity index (χ0) is 15.1. The smallest absolute Gasteiger partial charge is 0.138 e. The number of fused-ring (bicyclic) bond motifs is 1. The van der Waals surface area contributed by atoms with Gasteiger partial charge in [0, 0.05) is 6.07 Å². The van der Waals surface area contributed by atoms with Crippen LogP contribution in [0.4, 0.5) is 4.39 Å². The molecule has 1 atom stereocenters. The van der Waals surface area contributed by atoms with Gasteiger partial charge in [0.05, 0.1) is 30.7 Å². The summed E-state index contributed by atoms with van der Waals surface area (Å²) < 4.78 is 16.3. The second-order valence-corrected chi connectivity index (χ2v) is 6.85. The van der Waals surface area contributed by atoms with Crippen molar-refractivity contribution in [3.63, 3.8) is 0 Å². The zero-order valence-electron chi connectivity index (χ0n) is 10.9. The highest BCUT2D eigenvalue weighted by atomic mass is 127. The monoisotopic (exact) mass is 434 g/mol. The van der Waals surface area contributed by atoms with Crippen LogP contribution in [0.3, 0.4) is 0 Å². The number of hydrogen-bond acceptors (Lipinski definition) is 1. The molecule has 0 aliphatic heterocycles. The Balaban J connectivity index is 2.41. The van der Waals surface area contributed by atoms with Crippen molar-refractivity contribution in [3.05, 3.63) is 56.6 Å². The molecule has 2 nitrogen and oxygen atoms in total. The van der Waals surface area contributed by atoms with E-state index in [1.54, 1.807) is 12.1 Å². The van der Waals surface area contributed by atoms with Crippen molar-refractivity contribution < 1.29 is 4.39 Å². The van der Waals surface area contributed by atoms with Crippen LogP contribution in [-0.2, 0) is 0 Å². The van der Waals surface area contributed by atoms with Crippen molar-refractivity contribution in [1.29, 1.82) is 0 Å². The van der Waals surface area contributed by atoms with Gasteiger partial charge in [-0.25, -0.2) is 9.37 Å². The van der Waals surface area contributed by atoms with Gasteiger partial charge in [-0.05, 0) is 47.7 Å². The van der Waals surface area contributed by atoms with E-state index in [1.165, 1.54) is 6.07 Å². The first-order valence-corrected chi connectivity index (χ1v) is 8.14. The van der Waals surface area contributed by atoms with Crippen molar-refractivity contribution >= 4 is 56.8 Å². The van der Waals surface area contributed by atoms with Gasteiger partial charge >= 0.3 is 0 Å². The highest BCUT2D eigenvalue weighted by Crippen LogP contribution is 2.32. The van der Waals surface area contributed by atoms with Crippen LogP contribution in [0.25, 0.3) is 16.7 Å². The summed E-state index contributed by atoms with van der Waals surface area (Å²) in [6.45, 7) is 1.83. The van der Waals surface area contributed by atoms with Crippen LogP contribution in [0.15, 0.2) is 36.4 Å². The number of hydrogen-bond donors (Lipinski definition) is 0. The van der Waals surface area contributed by atoms with Crippen molar-refractivity contribution in [2.24, 2.45) is 0 Å². The molecule has 3 rings (SSSR count). The third-order valence-electron chi connectivity index (χ3n) is 3.17. The minimum Gasteiger partial charge on any atom is -0.293 e. The average molecular weight is 435 g/mol. The molecule has 0 saturated carbocycles. The largest absolute Gasteiger partial charge is 0.293 e. The Bertz CT molecular complexity index is 830. The lowest BCUT2D eigenvalue weighted by Gasteiger charge is -2.12. The van der Waals surface area contributed by atoms with Crippen LogP contribution >= 0.6 is 45.8 Å². The Morgan fingerprint density at radius 3 is 2.67 bits per heavy atom. The molecule has 1 aromatic heterocycles. The van der Waals surface area contributed by atoms with Crippen LogP contribution in [0.5, 0.6) is 0 Å². The molecule has 2 aromatic carbocycles. The van der Waals surface area contributed by atoms with Crippen LogP contribution < -0.4 is 0 Å². The third kappa shape index (κ3) is 2.64. The lowest BCUT2D eigenvalue weighted by molar-refractivity contribution is 0.621. The number of nitrogens with zero attached hydrogens (tertiary/aromatic N) is 2. The Morgan fingerprint density at radius 2 is 2.00 bits per heavy atom. The number of halogens is 4. The fraction of sp³-hybridized carbons (Fsp3) is 0.133. The molecular formula is C15H10Cl2FIN2. The molecule has 1 unspecified atom stereocenters. The van der Waals surface area contributed by atoms with E-state index in [4.69, 9.17) is 23.2 Å². The SMILES string of the molecule is CC(Cl)c1nc2cc(I)c(F)cc2n1-c1ccccc1Cl. The normalized spacial score (nSPS) is 12.8. The van der Waals surface area contributed by atoms with Crippen LogP contribution in [-0.4, -0.2) is 9.55 Å². The summed E-state index contributed by atoms with van der Waals surface area (Å²) in [4.78, 5) is 4.53. The standard InChI is InChI=1S/C15H10Cl2FIN2/c1-8(16)15-20-12-7-11(19)10(18)6-14(12)21(15)13-5-3-2-4-9(13)17/h2-8H,1H3. The molecule has 0 spiro atoms. The molecule has 0 fully saturated rings. The maximum Gasteiger partial charge on any atom is 0.138 e.